The Kier molecular flexibility index (Phi) is 2.66. The number of fused-ring (bicyclic) bond motifs is 1. The third kappa shape index (κ3) is 1.72. The van der Waals surface area contributed by atoms with Gasteiger partial charge in [0, 0.05) is 12.1 Å². The van der Waals surface area contributed by atoms with Crippen LogP contribution >= 0.6 is 0 Å². The lowest BCUT2D eigenvalue weighted by Crippen LogP contribution is -2.36. The van der Waals surface area contributed by atoms with Gasteiger partial charge in [0.25, 0.3) is 5.91 Å². The van der Waals surface area contributed by atoms with Gasteiger partial charge in [0.15, 0.2) is 11.5 Å². The van der Waals surface area contributed by atoms with Gasteiger partial charge in [-0.25, -0.2) is 0 Å². The largest absolute Gasteiger partial charge is 0.454 e. The second-order valence-corrected chi connectivity index (χ2v) is 4.41. The maximum atomic E-state index is 12.3. The SMILES string of the molecule is O=CC1CCCN1C(=O)c1ccc2c(c1)OCO2. The van der Waals surface area contributed by atoms with Crippen molar-refractivity contribution in [1.82, 2.24) is 4.90 Å². The Labute approximate surface area is 104 Å². The zero-order chi connectivity index (χ0) is 12.5. The van der Waals surface area contributed by atoms with E-state index in [0.717, 1.165) is 19.1 Å². The molecule has 1 unspecified atom stereocenters. The zero-order valence-electron chi connectivity index (χ0n) is 9.80. The molecule has 0 saturated carbocycles. The molecule has 1 fully saturated rings. The van der Waals surface area contributed by atoms with Gasteiger partial charge < -0.3 is 19.2 Å². The topological polar surface area (TPSA) is 55.8 Å². The van der Waals surface area contributed by atoms with E-state index >= 15 is 0 Å². The van der Waals surface area contributed by atoms with Crippen LogP contribution in [0.4, 0.5) is 0 Å². The summed E-state index contributed by atoms with van der Waals surface area (Å²) in [5.41, 5.74) is 0.535. The normalized spacial score (nSPS) is 21.1. The van der Waals surface area contributed by atoms with Crippen molar-refractivity contribution in [3.8, 4) is 11.5 Å². The van der Waals surface area contributed by atoms with E-state index in [-0.39, 0.29) is 18.7 Å². The van der Waals surface area contributed by atoms with E-state index in [1.807, 2.05) is 0 Å². The van der Waals surface area contributed by atoms with Gasteiger partial charge in [0.2, 0.25) is 6.79 Å². The van der Waals surface area contributed by atoms with Gasteiger partial charge in [-0.2, -0.15) is 0 Å². The molecular formula is C13H13NO4. The monoisotopic (exact) mass is 247 g/mol. The number of ether oxygens (including phenoxy) is 2. The number of hydrogen-bond donors (Lipinski definition) is 0. The molecule has 2 aliphatic heterocycles. The van der Waals surface area contributed by atoms with Crippen molar-refractivity contribution in [2.75, 3.05) is 13.3 Å². The highest BCUT2D eigenvalue weighted by molar-refractivity contribution is 5.96. The predicted octanol–water partition coefficient (Wildman–Crippen LogP) is 1.22. The number of carbonyl (C=O) groups is 2. The van der Waals surface area contributed by atoms with Crippen LogP contribution in [0.5, 0.6) is 11.5 Å². The molecule has 1 aromatic rings. The van der Waals surface area contributed by atoms with Crippen LogP contribution in [0.25, 0.3) is 0 Å². The van der Waals surface area contributed by atoms with E-state index in [1.165, 1.54) is 0 Å². The van der Waals surface area contributed by atoms with Crippen LogP contribution in [-0.4, -0.2) is 36.5 Å². The minimum atomic E-state index is -0.289. The van der Waals surface area contributed by atoms with E-state index in [0.29, 0.717) is 23.6 Å². The summed E-state index contributed by atoms with van der Waals surface area (Å²) < 4.78 is 10.4. The van der Waals surface area contributed by atoms with E-state index in [2.05, 4.69) is 0 Å². The molecule has 1 aromatic carbocycles. The van der Waals surface area contributed by atoms with Gasteiger partial charge in [0.05, 0.1) is 6.04 Å². The van der Waals surface area contributed by atoms with E-state index in [9.17, 15) is 9.59 Å². The molecule has 5 heteroatoms. The summed E-state index contributed by atoms with van der Waals surface area (Å²) in [6.45, 7) is 0.824. The average molecular weight is 247 g/mol. The molecule has 0 radical (unpaired) electrons. The number of nitrogens with zero attached hydrogens (tertiary/aromatic N) is 1. The summed E-state index contributed by atoms with van der Waals surface area (Å²) in [6.07, 6.45) is 2.47. The molecule has 2 heterocycles. The summed E-state index contributed by atoms with van der Waals surface area (Å²) in [6, 6.07) is 4.81. The number of carbonyl (C=O) groups excluding carboxylic acids is 2. The summed E-state index contributed by atoms with van der Waals surface area (Å²) >= 11 is 0. The Balaban J connectivity index is 1.86. The smallest absolute Gasteiger partial charge is 0.254 e. The van der Waals surface area contributed by atoms with Crippen LogP contribution in [-0.2, 0) is 4.79 Å². The fourth-order valence-corrected chi connectivity index (χ4v) is 2.38. The van der Waals surface area contributed by atoms with Gasteiger partial charge in [-0.15, -0.1) is 0 Å². The highest BCUT2D eigenvalue weighted by Gasteiger charge is 2.29. The quantitative estimate of drug-likeness (QED) is 0.737. The molecule has 0 aromatic heterocycles. The van der Waals surface area contributed by atoms with Crippen molar-refractivity contribution in [2.45, 2.75) is 18.9 Å². The summed E-state index contributed by atoms with van der Waals surface area (Å²) in [5, 5.41) is 0. The van der Waals surface area contributed by atoms with Crippen molar-refractivity contribution in [3.05, 3.63) is 23.8 Å². The van der Waals surface area contributed by atoms with Crippen molar-refractivity contribution in [2.24, 2.45) is 0 Å². The number of aldehydes is 1. The molecule has 0 N–H and O–H groups in total. The minimum Gasteiger partial charge on any atom is -0.454 e. The lowest BCUT2D eigenvalue weighted by molar-refractivity contribution is -0.111. The Hall–Kier alpha value is -2.04. The molecule has 0 spiro atoms. The second-order valence-electron chi connectivity index (χ2n) is 4.41. The maximum Gasteiger partial charge on any atom is 0.254 e. The van der Waals surface area contributed by atoms with Crippen molar-refractivity contribution < 1.29 is 19.1 Å². The fraction of sp³-hybridized carbons (Fsp3) is 0.385. The van der Waals surface area contributed by atoms with Crippen LogP contribution in [0.15, 0.2) is 18.2 Å². The molecular weight excluding hydrogens is 234 g/mol. The third-order valence-corrected chi connectivity index (χ3v) is 3.34. The van der Waals surface area contributed by atoms with Crippen LogP contribution in [0, 0.1) is 0 Å². The van der Waals surface area contributed by atoms with Gasteiger partial charge >= 0.3 is 0 Å². The first-order chi connectivity index (χ1) is 8.79. The second kappa shape index (κ2) is 4.33. The van der Waals surface area contributed by atoms with Crippen LogP contribution < -0.4 is 9.47 Å². The van der Waals surface area contributed by atoms with Gasteiger partial charge in [-0.05, 0) is 31.0 Å². The number of likely N-dealkylation sites (tertiary alicyclic amines) is 1. The first-order valence-electron chi connectivity index (χ1n) is 5.95. The fourth-order valence-electron chi connectivity index (χ4n) is 2.38. The number of rotatable bonds is 2. The zero-order valence-corrected chi connectivity index (χ0v) is 9.80. The molecule has 94 valence electrons. The van der Waals surface area contributed by atoms with Crippen molar-refractivity contribution >= 4 is 12.2 Å². The first-order valence-corrected chi connectivity index (χ1v) is 5.95. The minimum absolute atomic E-state index is 0.122. The first kappa shape index (κ1) is 11.1. The van der Waals surface area contributed by atoms with E-state index < -0.39 is 0 Å². The summed E-state index contributed by atoms with van der Waals surface area (Å²) in [4.78, 5) is 24.8. The third-order valence-electron chi connectivity index (χ3n) is 3.34. The van der Waals surface area contributed by atoms with Crippen molar-refractivity contribution in [3.63, 3.8) is 0 Å². The van der Waals surface area contributed by atoms with Crippen LogP contribution in [0.1, 0.15) is 23.2 Å². The van der Waals surface area contributed by atoms with E-state index in [4.69, 9.17) is 9.47 Å². The Morgan fingerprint density at radius 1 is 1.33 bits per heavy atom. The number of hydrogen-bond acceptors (Lipinski definition) is 4. The number of benzene rings is 1. The lowest BCUT2D eigenvalue weighted by atomic mass is 10.1. The molecule has 3 rings (SSSR count). The number of amides is 1. The summed E-state index contributed by atoms with van der Waals surface area (Å²) in [7, 11) is 0. The highest BCUT2D eigenvalue weighted by atomic mass is 16.7. The Morgan fingerprint density at radius 3 is 3.00 bits per heavy atom. The average Bonchev–Trinajstić information content (AvgIpc) is 3.05. The molecule has 2 aliphatic rings. The van der Waals surface area contributed by atoms with E-state index in [1.54, 1.807) is 23.1 Å². The maximum absolute atomic E-state index is 12.3. The lowest BCUT2D eigenvalue weighted by Gasteiger charge is -2.20. The molecule has 18 heavy (non-hydrogen) atoms. The molecule has 0 bridgehead atoms. The molecule has 1 amide bonds. The molecule has 1 saturated heterocycles. The Bertz CT molecular complexity index is 500. The molecule has 0 aliphatic carbocycles. The van der Waals surface area contributed by atoms with Gasteiger partial charge in [-0.1, -0.05) is 0 Å². The summed E-state index contributed by atoms with van der Waals surface area (Å²) in [5.74, 6) is 1.12. The van der Waals surface area contributed by atoms with Gasteiger partial charge in [-0.3, -0.25) is 4.79 Å². The van der Waals surface area contributed by atoms with Crippen LogP contribution in [0.3, 0.4) is 0 Å². The predicted molar refractivity (Wildman–Crippen MR) is 62.7 cm³/mol. The Morgan fingerprint density at radius 2 is 2.17 bits per heavy atom. The standard InChI is InChI=1S/C13H13NO4/c15-7-10-2-1-5-14(10)13(16)9-3-4-11-12(6-9)18-8-17-11/h3-4,6-7,10H,1-2,5,8H2. The van der Waals surface area contributed by atoms with Gasteiger partial charge in [0.1, 0.15) is 6.29 Å². The highest BCUT2D eigenvalue weighted by Crippen LogP contribution is 2.33. The molecule has 5 nitrogen and oxygen atoms in total. The van der Waals surface area contributed by atoms with Crippen molar-refractivity contribution in [1.29, 1.82) is 0 Å². The van der Waals surface area contributed by atoms with Crippen LogP contribution in [0.2, 0.25) is 0 Å². The molecule has 1 atom stereocenters.